The molecule has 0 bridgehead atoms. The summed E-state index contributed by atoms with van der Waals surface area (Å²) >= 11 is 0. The fourth-order valence-electron chi connectivity index (χ4n) is 0.478. The molecule has 1 aromatic rings. The van der Waals surface area contributed by atoms with E-state index in [1.54, 1.807) is 0 Å². The number of rotatable bonds is 0. The van der Waals surface area contributed by atoms with Crippen molar-refractivity contribution < 1.29 is 17.1 Å². The predicted octanol–water partition coefficient (Wildman–Crippen LogP) is 0.843. The molecule has 0 atom stereocenters. The summed E-state index contributed by atoms with van der Waals surface area (Å²) in [4.78, 5) is 0. The van der Waals surface area contributed by atoms with E-state index in [9.17, 15) is 0 Å². The van der Waals surface area contributed by atoms with Crippen LogP contribution in [-0.4, -0.2) is 10.2 Å². The van der Waals surface area contributed by atoms with Crippen molar-refractivity contribution in [2.75, 3.05) is 0 Å². The monoisotopic (exact) mass is 200 g/mol. The summed E-state index contributed by atoms with van der Waals surface area (Å²) in [5, 5.41) is 1.35. The van der Waals surface area contributed by atoms with Gasteiger partial charge in [0.1, 0.15) is 0 Å². The Bertz CT molecular complexity index is 139. The fraction of sp³-hybridized carbons (Fsp3) is 0. The zero-order valence-electron chi connectivity index (χ0n) is 6.40. The van der Waals surface area contributed by atoms with E-state index in [1.807, 2.05) is 28.4 Å². The molecule has 0 nitrogen and oxygen atoms in total. The first kappa shape index (κ1) is 16.5. The minimum Gasteiger partial charge on any atom is -0.358 e. The molecular weight excluding hydrogens is 188 g/mol. The average molecular weight is 201 g/mol. The summed E-state index contributed by atoms with van der Waals surface area (Å²) in [6.45, 7) is 0. The molecule has 1 rings (SSSR count). The largest absolute Gasteiger partial charge is 2.00 e. The van der Waals surface area contributed by atoms with Gasteiger partial charge < -0.3 is 14.9 Å². The molecule has 0 unspecified atom stereocenters. The van der Waals surface area contributed by atoms with E-state index in [2.05, 4.69) is 12.1 Å². The van der Waals surface area contributed by atoms with E-state index in [1.165, 1.54) is 5.19 Å². The number of hydrogen-bond acceptors (Lipinski definition) is 0. The standard InChI is InChI=1S/C6H7Si.2CH3.Cu/c7-6-4-2-1-3-5-6;;;/h1-5H,7H2;2*1H3;/q;2*-1;+2. The van der Waals surface area contributed by atoms with E-state index < -0.39 is 0 Å². The summed E-state index contributed by atoms with van der Waals surface area (Å²) in [5.41, 5.74) is 0. The van der Waals surface area contributed by atoms with Gasteiger partial charge in [-0.25, -0.2) is 0 Å². The number of hydrogen-bond donors (Lipinski definition) is 0. The molecule has 60 valence electrons. The first-order valence-electron chi connectivity index (χ1n) is 2.26. The molecule has 0 saturated heterocycles. The molecule has 0 aliphatic carbocycles. The van der Waals surface area contributed by atoms with Crippen LogP contribution < -0.4 is 5.19 Å². The third kappa shape index (κ3) is 6.08. The quantitative estimate of drug-likeness (QED) is 0.430. The molecule has 0 heterocycles. The summed E-state index contributed by atoms with van der Waals surface area (Å²) in [6, 6.07) is 10.3. The molecule has 1 aromatic carbocycles. The Labute approximate surface area is 77.9 Å². The van der Waals surface area contributed by atoms with Gasteiger partial charge in [0.25, 0.3) is 0 Å². The zero-order valence-corrected chi connectivity index (χ0v) is 8.75. The molecule has 0 aliphatic rings. The van der Waals surface area contributed by atoms with Crippen molar-refractivity contribution in [2.45, 2.75) is 0 Å². The molecule has 2 radical (unpaired) electrons. The molecule has 0 saturated carbocycles. The SMILES string of the molecule is [CH3-].[CH3-].[Cu+2].[SiH2]c1ccccc1. The Morgan fingerprint density at radius 1 is 0.900 bits per heavy atom. The Morgan fingerprint density at radius 2 is 1.30 bits per heavy atom. The maximum Gasteiger partial charge on any atom is 2.00 e. The molecule has 0 fully saturated rings. The topological polar surface area (TPSA) is 0 Å². The van der Waals surface area contributed by atoms with Crippen LogP contribution in [0.15, 0.2) is 30.3 Å². The molecule has 10 heavy (non-hydrogen) atoms. The number of benzene rings is 1. The van der Waals surface area contributed by atoms with Crippen LogP contribution in [0.2, 0.25) is 0 Å². The second-order valence-electron chi connectivity index (χ2n) is 1.49. The van der Waals surface area contributed by atoms with Gasteiger partial charge in [-0.15, -0.1) is 0 Å². The van der Waals surface area contributed by atoms with Crippen LogP contribution in [0.1, 0.15) is 0 Å². The Balaban J connectivity index is -0.000000163. The van der Waals surface area contributed by atoms with Gasteiger partial charge in [0.2, 0.25) is 0 Å². The van der Waals surface area contributed by atoms with Crippen LogP contribution in [0.3, 0.4) is 0 Å². The van der Waals surface area contributed by atoms with Crippen molar-refractivity contribution in [2.24, 2.45) is 0 Å². The van der Waals surface area contributed by atoms with Crippen molar-refractivity contribution >= 4 is 15.4 Å². The summed E-state index contributed by atoms with van der Waals surface area (Å²) in [6.07, 6.45) is 0. The summed E-state index contributed by atoms with van der Waals surface area (Å²) in [7, 11) is 1.90. The third-order valence-electron chi connectivity index (χ3n) is 0.843. The normalized spacial score (nSPS) is 6.10. The van der Waals surface area contributed by atoms with Crippen LogP contribution in [0.5, 0.6) is 0 Å². The second-order valence-corrected chi connectivity index (χ2v) is 2.30. The molecule has 0 aromatic heterocycles. The summed E-state index contributed by atoms with van der Waals surface area (Å²) < 4.78 is 0. The smallest absolute Gasteiger partial charge is 0.358 e. The van der Waals surface area contributed by atoms with Crippen molar-refractivity contribution in [1.29, 1.82) is 0 Å². The maximum absolute atomic E-state index is 2.10. The van der Waals surface area contributed by atoms with E-state index in [-0.39, 0.29) is 31.9 Å². The van der Waals surface area contributed by atoms with Crippen LogP contribution in [0.25, 0.3) is 0 Å². The first-order valence-corrected chi connectivity index (χ1v) is 2.97. The van der Waals surface area contributed by atoms with Crippen LogP contribution in [0.4, 0.5) is 0 Å². The van der Waals surface area contributed by atoms with Gasteiger partial charge in [0, 0.05) is 10.2 Å². The Kier molecular flexibility index (Phi) is 14.8. The van der Waals surface area contributed by atoms with Crippen molar-refractivity contribution in [1.82, 2.24) is 0 Å². The third-order valence-corrected chi connectivity index (χ3v) is 1.31. The van der Waals surface area contributed by atoms with Crippen molar-refractivity contribution in [3.8, 4) is 0 Å². The minimum absolute atomic E-state index is 0. The second kappa shape index (κ2) is 8.96. The molecule has 0 amide bonds. The van der Waals surface area contributed by atoms with Crippen LogP contribution >= 0.6 is 0 Å². The van der Waals surface area contributed by atoms with Gasteiger partial charge in [-0.2, -0.15) is 0 Å². The van der Waals surface area contributed by atoms with Gasteiger partial charge in [0.15, 0.2) is 0 Å². The van der Waals surface area contributed by atoms with E-state index in [0.29, 0.717) is 0 Å². The maximum atomic E-state index is 2.10. The van der Waals surface area contributed by atoms with E-state index >= 15 is 0 Å². The Hall–Kier alpha value is -0.0436. The average Bonchev–Trinajstić information content (AvgIpc) is 1.69. The van der Waals surface area contributed by atoms with E-state index in [0.717, 1.165) is 0 Å². The first-order chi connectivity index (χ1) is 3.39. The molecular formula is C8H13CuSi. The van der Waals surface area contributed by atoms with Crippen molar-refractivity contribution in [3.05, 3.63) is 45.2 Å². The van der Waals surface area contributed by atoms with Gasteiger partial charge in [-0.1, -0.05) is 35.5 Å². The Morgan fingerprint density at radius 3 is 1.50 bits per heavy atom. The van der Waals surface area contributed by atoms with Gasteiger partial charge in [-0.3, -0.25) is 0 Å². The molecule has 0 aliphatic heterocycles. The van der Waals surface area contributed by atoms with Gasteiger partial charge in [0.05, 0.1) is 0 Å². The zero-order chi connectivity index (χ0) is 5.11. The molecule has 0 spiro atoms. The van der Waals surface area contributed by atoms with Crippen LogP contribution in [0, 0.1) is 14.9 Å². The van der Waals surface area contributed by atoms with Gasteiger partial charge >= 0.3 is 17.1 Å². The minimum atomic E-state index is 0. The van der Waals surface area contributed by atoms with Crippen LogP contribution in [-0.2, 0) is 17.1 Å². The van der Waals surface area contributed by atoms with Crippen molar-refractivity contribution in [3.63, 3.8) is 0 Å². The molecule has 2 heteroatoms. The molecule has 0 N–H and O–H groups in total. The fourth-order valence-corrected chi connectivity index (χ4v) is 0.750. The summed E-state index contributed by atoms with van der Waals surface area (Å²) in [5.74, 6) is 0. The van der Waals surface area contributed by atoms with E-state index in [4.69, 9.17) is 0 Å². The van der Waals surface area contributed by atoms with Gasteiger partial charge in [-0.05, 0) is 0 Å². The predicted molar refractivity (Wildman–Crippen MR) is 47.4 cm³/mol.